The predicted octanol–water partition coefficient (Wildman–Crippen LogP) is 14.9. The van der Waals surface area contributed by atoms with Gasteiger partial charge in [-0.15, -0.1) is 0 Å². The molecule has 0 saturated carbocycles. The molecule has 8 aromatic rings. The standard InChI is InChI=1S/C58H44F4O4/c1-63-55-35-47(57(65-3)33-45(55)11-5-37-7-21-49(59)22-8-37)31-53(39-17-25-51(61)26-18-39)43-15-13-42-30-44(16-14-41(42)29-43)54(40-19-27-52(62)28-20-40)32-48-36-56(64-2)46(34-58(48)66-4)12-6-38-9-23-50(60)24-10-38/h5-36H,1-4H3/b11-5+,12-6+,53-31-,54-32+. The van der Waals surface area contributed by atoms with Crippen molar-refractivity contribution in [2.24, 2.45) is 0 Å². The number of benzene rings is 8. The zero-order valence-electron chi connectivity index (χ0n) is 36.6. The Kier molecular flexibility index (Phi) is 13.6. The third kappa shape index (κ3) is 10.3. The highest BCUT2D eigenvalue weighted by molar-refractivity contribution is 5.99. The maximum Gasteiger partial charge on any atom is 0.126 e. The highest BCUT2D eigenvalue weighted by Crippen LogP contribution is 2.38. The van der Waals surface area contributed by atoms with Crippen molar-refractivity contribution in [3.05, 3.63) is 237 Å². The molecule has 0 N–H and O–H groups in total. The minimum atomic E-state index is -0.351. The van der Waals surface area contributed by atoms with Crippen LogP contribution in [0.4, 0.5) is 17.6 Å². The molecule has 328 valence electrons. The summed E-state index contributed by atoms with van der Waals surface area (Å²) in [5, 5.41) is 1.90. The summed E-state index contributed by atoms with van der Waals surface area (Å²) in [4.78, 5) is 0. The van der Waals surface area contributed by atoms with E-state index in [2.05, 4.69) is 12.1 Å². The molecule has 8 aromatic carbocycles. The second-order valence-electron chi connectivity index (χ2n) is 15.3. The number of ether oxygens (including phenoxy) is 4. The summed E-state index contributed by atoms with van der Waals surface area (Å²) in [5.74, 6) is 1.05. The highest BCUT2D eigenvalue weighted by atomic mass is 19.1. The second kappa shape index (κ2) is 20.2. The largest absolute Gasteiger partial charge is 0.496 e. The van der Waals surface area contributed by atoms with Crippen molar-refractivity contribution < 1.29 is 36.5 Å². The smallest absolute Gasteiger partial charge is 0.126 e. The molecule has 0 bridgehead atoms. The Hall–Kier alpha value is -8.10. The van der Waals surface area contributed by atoms with Gasteiger partial charge in [0.05, 0.1) is 28.4 Å². The minimum absolute atomic E-state index is 0.309. The normalized spacial score (nSPS) is 12.0. The quantitative estimate of drug-likeness (QED) is 0.0805. The van der Waals surface area contributed by atoms with Crippen LogP contribution in [0.5, 0.6) is 23.0 Å². The topological polar surface area (TPSA) is 36.9 Å². The van der Waals surface area contributed by atoms with Gasteiger partial charge in [-0.25, -0.2) is 17.6 Å². The van der Waals surface area contributed by atoms with E-state index >= 15 is 0 Å². The molecule has 0 atom stereocenters. The van der Waals surface area contributed by atoms with Crippen molar-refractivity contribution in [3.8, 4) is 23.0 Å². The van der Waals surface area contributed by atoms with Crippen molar-refractivity contribution in [3.63, 3.8) is 0 Å². The molecule has 0 spiro atoms. The van der Waals surface area contributed by atoms with Gasteiger partial charge in [-0.2, -0.15) is 0 Å². The zero-order valence-corrected chi connectivity index (χ0v) is 36.6. The lowest BCUT2D eigenvalue weighted by atomic mass is 9.91. The van der Waals surface area contributed by atoms with Crippen LogP contribution in [-0.2, 0) is 0 Å². The SMILES string of the molecule is COc1cc(/C=C/c2ccc(F)cc2)c(OC)cc1/C=C(/c1ccc(F)cc1)c1ccc2cc(/C(=C/c3cc(OC)c(/C=C/c4ccc(F)cc4)cc3OC)c3ccc(F)cc3)ccc2c1. The molecule has 0 amide bonds. The average molecular weight is 881 g/mol. The first kappa shape index (κ1) is 44.5. The molecule has 0 aliphatic heterocycles. The van der Waals surface area contributed by atoms with E-state index in [1.54, 1.807) is 77.0 Å². The molecule has 0 radical (unpaired) electrons. The predicted molar refractivity (Wildman–Crippen MR) is 260 cm³/mol. The lowest BCUT2D eigenvalue weighted by Crippen LogP contribution is -1.96. The van der Waals surface area contributed by atoms with Crippen LogP contribution in [0.1, 0.15) is 55.6 Å². The first-order valence-corrected chi connectivity index (χ1v) is 21.0. The van der Waals surface area contributed by atoms with Crippen LogP contribution in [0.3, 0.4) is 0 Å². The van der Waals surface area contributed by atoms with Crippen molar-refractivity contribution in [1.82, 2.24) is 0 Å². The highest BCUT2D eigenvalue weighted by Gasteiger charge is 2.16. The summed E-state index contributed by atoms with van der Waals surface area (Å²) < 4.78 is 79.2. The van der Waals surface area contributed by atoms with E-state index < -0.39 is 0 Å². The van der Waals surface area contributed by atoms with E-state index in [1.165, 1.54) is 48.5 Å². The summed E-state index contributed by atoms with van der Waals surface area (Å²) in [7, 11) is 6.40. The molecule has 0 aromatic heterocycles. The molecule has 4 nitrogen and oxygen atoms in total. The van der Waals surface area contributed by atoms with Crippen LogP contribution in [0.2, 0.25) is 0 Å². The Morgan fingerprint density at radius 3 is 0.939 bits per heavy atom. The molecule has 0 unspecified atom stereocenters. The molecule has 8 heteroatoms. The van der Waals surface area contributed by atoms with Crippen molar-refractivity contribution in [2.45, 2.75) is 0 Å². The van der Waals surface area contributed by atoms with Gasteiger partial charge in [0.25, 0.3) is 0 Å². The molecule has 8 rings (SSSR count). The van der Waals surface area contributed by atoms with Gasteiger partial charge in [0, 0.05) is 22.3 Å². The number of methoxy groups -OCH3 is 4. The molecule has 0 aliphatic rings. The van der Waals surface area contributed by atoms with Crippen LogP contribution in [0.25, 0.3) is 58.4 Å². The van der Waals surface area contributed by atoms with Crippen LogP contribution in [-0.4, -0.2) is 28.4 Å². The summed E-state index contributed by atoms with van der Waals surface area (Å²) in [6, 6.07) is 45.0. The monoisotopic (exact) mass is 880 g/mol. The van der Waals surface area contributed by atoms with Gasteiger partial charge >= 0.3 is 0 Å². The molecule has 0 aliphatic carbocycles. The third-order valence-corrected chi connectivity index (χ3v) is 11.2. The molecule has 66 heavy (non-hydrogen) atoms. The first-order chi connectivity index (χ1) is 32.1. The fourth-order valence-electron chi connectivity index (χ4n) is 7.71. The summed E-state index contributed by atoms with van der Waals surface area (Å²) >= 11 is 0. The molecule has 0 saturated heterocycles. The van der Waals surface area contributed by atoms with Crippen molar-refractivity contribution in [1.29, 1.82) is 0 Å². The fraction of sp³-hybridized carbons (Fsp3) is 0.0690. The number of hydrogen-bond acceptors (Lipinski definition) is 4. The number of rotatable bonds is 14. The van der Waals surface area contributed by atoms with E-state index in [1.807, 2.05) is 85.0 Å². The summed E-state index contributed by atoms with van der Waals surface area (Å²) in [5.41, 5.74) is 9.62. The maximum absolute atomic E-state index is 14.3. The average Bonchev–Trinajstić information content (AvgIpc) is 3.34. The van der Waals surface area contributed by atoms with Gasteiger partial charge in [0.2, 0.25) is 0 Å². The van der Waals surface area contributed by atoms with Gasteiger partial charge in [-0.3, -0.25) is 0 Å². The Bertz CT molecular complexity index is 2920. The van der Waals surface area contributed by atoms with Gasteiger partial charge in [-0.05, 0) is 152 Å². The van der Waals surface area contributed by atoms with Crippen molar-refractivity contribution >= 4 is 58.4 Å². The number of hydrogen-bond donors (Lipinski definition) is 0. The Labute approximate surface area is 381 Å². The van der Waals surface area contributed by atoms with E-state index in [-0.39, 0.29) is 23.3 Å². The summed E-state index contributed by atoms with van der Waals surface area (Å²) in [6.07, 6.45) is 11.5. The van der Waals surface area contributed by atoms with Gasteiger partial charge in [-0.1, -0.05) is 97.1 Å². The Morgan fingerprint density at radius 1 is 0.318 bits per heavy atom. The minimum Gasteiger partial charge on any atom is -0.496 e. The van der Waals surface area contributed by atoms with E-state index in [4.69, 9.17) is 18.9 Å². The molecule has 0 heterocycles. The maximum atomic E-state index is 14.3. The molecule has 0 fully saturated rings. The fourth-order valence-corrected chi connectivity index (χ4v) is 7.71. The van der Waals surface area contributed by atoms with E-state index in [9.17, 15) is 17.6 Å². The van der Waals surface area contributed by atoms with Crippen LogP contribution < -0.4 is 18.9 Å². The number of halogens is 4. The molecular formula is C58H44F4O4. The van der Waals surface area contributed by atoms with Crippen LogP contribution >= 0.6 is 0 Å². The third-order valence-electron chi connectivity index (χ3n) is 11.2. The van der Waals surface area contributed by atoms with Crippen molar-refractivity contribution in [2.75, 3.05) is 28.4 Å². The van der Waals surface area contributed by atoms with E-state index in [0.717, 1.165) is 77.6 Å². The van der Waals surface area contributed by atoms with Gasteiger partial charge < -0.3 is 18.9 Å². The summed E-state index contributed by atoms with van der Waals surface area (Å²) in [6.45, 7) is 0. The first-order valence-electron chi connectivity index (χ1n) is 21.0. The lowest BCUT2D eigenvalue weighted by Gasteiger charge is -2.16. The van der Waals surface area contributed by atoms with Crippen LogP contribution in [0.15, 0.2) is 158 Å². The molecular weight excluding hydrogens is 837 g/mol. The Morgan fingerprint density at radius 2 is 0.606 bits per heavy atom. The zero-order chi connectivity index (χ0) is 46.2. The van der Waals surface area contributed by atoms with Crippen LogP contribution in [0, 0.1) is 23.3 Å². The van der Waals surface area contributed by atoms with E-state index in [0.29, 0.717) is 23.0 Å². The lowest BCUT2D eigenvalue weighted by molar-refractivity contribution is 0.401. The Balaban J connectivity index is 1.19. The van der Waals surface area contributed by atoms with Gasteiger partial charge in [0.15, 0.2) is 0 Å². The second-order valence-corrected chi connectivity index (χ2v) is 15.3. The van der Waals surface area contributed by atoms with Gasteiger partial charge in [0.1, 0.15) is 46.3 Å². The number of fused-ring (bicyclic) bond motifs is 1.